The lowest BCUT2D eigenvalue weighted by atomic mass is 10.1. The van der Waals surface area contributed by atoms with E-state index in [1.54, 1.807) is 0 Å². The van der Waals surface area contributed by atoms with Crippen molar-refractivity contribution in [1.82, 2.24) is 0 Å². The van der Waals surface area contributed by atoms with E-state index >= 15 is 0 Å². The topological polar surface area (TPSA) is 50.4 Å². The first-order valence-corrected chi connectivity index (χ1v) is 4.95. The quantitative estimate of drug-likeness (QED) is 0.915. The summed E-state index contributed by atoms with van der Waals surface area (Å²) in [5.74, 6) is -1.40. The van der Waals surface area contributed by atoms with Crippen LogP contribution in [0, 0.1) is 5.82 Å². The van der Waals surface area contributed by atoms with Crippen LogP contribution < -0.4 is 0 Å². The van der Waals surface area contributed by atoms with Gasteiger partial charge in [0.1, 0.15) is 11.4 Å². The van der Waals surface area contributed by atoms with Crippen molar-refractivity contribution in [3.63, 3.8) is 0 Å². The van der Waals surface area contributed by atoms with Crippen LogP contribution in [0.2, 0.25) is 0 Å². The molecule has 2 aromatic rings. The molecule has 0 spiro atoms. The fraction of sp³-hybridized carbons (Fsp3) is 0.100. The number of hydrogen-bond donors (Lipinski definition) is 1. The van der Waals surface area contributed by atoms with Gasteiger partial charge in [-0.15, -0.1) is 0 Å². The van der Waals surface area contributed by atoms with E-state index in [0.717, 1.165) is 0 Å². The molecule has 0 radical (unpaired) electrons. The molecule has 1 N–H and O–H groups in total. The Hall–Kier alpha value is -1.36. The summed E-state index contributed by atoms with van der Waals surface area (Å²) < 4.78 is 18.5. The van der Waals surface area contributed by atoms with Crippen molar-refractivity contribution >= 4 is 32.9 Å². The molecule has 0 atom stereocenters. The van der Waals surface area contributed by atoms with Gasteiger partial charge in [-0.25, -0.2) is 4.39 Å². The monoisotopic (exact) mass is 272 g/mol. The summed E-state index contributed by atoms with van der Waals surface area (Å²) in [6.07, 6.45) is -0.197. The number of aliphatic carboxylic acids is 1. The largest absolute Gasteiger partial charge is 0.481 e. The summed E-state index contributed by atoms with van der Waals surface area (Å²) in [5, 5.41) is 9.17. The molecule has 0 unspecified atom stereocenters. The molecule has 0 fully saturated rings. The molecule has 0 aliphatic rings. The minimum Gasteiger partial charge on any atom is -0.481 e. The van der Waals surface area contributed by atoms with Gasteiger partial charge in [0, 0.05) is 10.9 Å². The van der Waals surface area contributed by atoms with Crippen LogP contribution in [0.25, 0.3) is 11.0 Å². The normalized spacial score (nSPS) is 10.8. The van der Waals surface area contributed by atoms with Gasteiger partial charge in [-0.1, -0.05) is 0 Å². The zero-order chi connectivity index (χ0) is 11.0. The van der Waals surface area contributed by atoms with Crippen LogP contribution in [0.3, 0.4) is 0 Å². The Morgan fingerprint density at radius 2 is 2.27 bits per heavy atom. The maximum atomic E-state index is 13.0. The average Bonchev–Trinajstić information content (AvgIpc) is 2.43. The van der Waals surface area contributed by atoms with Gasteiger partial charge < -0.3 is 9.52 Å². The van der Waals surface area contributed by atoms with Crippen molar-refractivity contribution in [3.8, 4) is 0 Å². The van der Waals surface area contributed by atoms with Gasteiger partial charge in [0.25, 0.3) is 0 Å². The highest BCUT2D eigenvalue weighted by molar-refractivity contribution is 9.10. The number of fused-ring (bicyclic) bond motifs is 1. The lowest BCUT2D eigenvalue weighted by molar-refractivity contribution is -0.136. The van der Waals surface area contributed by atoms with E-state index in [0.29, 0.717) is 21.2 Å². The number of carboxylic acid groups (broad SMARTS) is 1. The Labute approximate surface area is 92.6 Å². The van der Waals surface area contributed by atoms with Crippen LogP contribution in [0.4, 0.5) is 4.39 Å². The van der Waals surface area contributed by atoms with Crippen molar-refractivity contribution in [3.05, 3.63) is 34.2 Å². The van der Waals surface area contributed by atoms with Gasteiger partial charge in [-0.3, -0.25) is 4.79 Å². The van der Waals surface area contributed by atoms with E-state index in [1.165, 1.54) is 18.2 Å². The summed E-state index contributed by atoms with van der Waals surface area (Å²) in [6, 6.07) is 4.01. The first kappa shape index (κ1) is 10.2. The second-order valence-corrected chi connectivity index (χ2v) is 3.79. The Balaban J connectivity index is 2.65. The number of rotatable bonds is 2. The molecule has 2 rings (SSSR count). The molecule has 1 aromatic carbocycles. The van der Waals surface area contributed by atoms with Crippen LogP contribution in [0.15, 0.2) is 27.3 Å². The number of furan rings is 1. The predicted octanol–water partition coefficient (Wildman–Crippen LogP) is 2.96. The smallest absolute Gasteiger partial charge is 0.308 e. The highest BCUT2D eigenvalue weighted by Gasteiger charge is 2.15. The fourth-order valence-corrected chi connectivity index (χ4v) is 1.94. The van der Waals surface area contributed by atoms with Gasteiger partial charge in [-0.2, -0.15) is 0 Å². The standard InChI is InChI=1S/C10H6BrFO3/c11-10-7(4-9(13)14)6-3-5(12)1-2-8(6)15-10/h1-3H,4H2,(H,13,14). The van der Waals surface area contributed by atoms with Gasteiger partial charge in [0.05, 0.1) is 6.42 Å². The third kappa shape index (κ3) is 1.87. The second-order valence-electron chi connectivity index (χ2n) is 3.07. The number of carbonyl (C=O) groups is 1. The van der Waals surface area contributed by atoms with Gasteiger partial charge in [0.15, 0.2) is 4.67 Å². The molecule has 0 amide bonds. The SMILES string of the molecule is O=C(O)Cc1c(Br)oc2ccc(F)cc12. The Bertz CT molecular complexity index is 533. The van der Waals surface area contributed by atoms with Crippen LogP contribution in [-0.2, 0) is 11.2 Å². The second kappa shape index (κ2) is 3.66. The molecule has 1 aromatic heterocycles. The van der Waals surface area contributed by atoms with E-state index < -0.39 is 11.8 Å². The molecule has 15 heavy (non-hydrogen) atoms. The molecular formula is C10H6BrFO3. The summed E-state index contributed by atoms with van der Waals surface area (Å²) in [5.41, 5.74) is 0.927. The van der Waals surface area contributed by atoms with Crippen LogP contribution in [0.5, 0.6) is 0 Å². The summed E-state index contributed by atoms with van der Waals surface area (Å²) in [7, 11) is 0. The molecule has 78 valence electrons. The molecule has 0 saturated heterocycles. The summed E-state index contributed by atoms with van der Waals surface area (Å²) >= 11 is 3.11. The van der Waals surface area contributed by atoms with Crippen molar-refractivity contribution < 1.29 is 18.7 Å². The van der Waals surface area contributed by atoms with E-state index in [-0.39, 0.29) is 6.42 Å². The summed E-state index contributed by atoms with van der Waals surface area (Å²) in [4.78, 5) is 10.6. The molecule has 0 aliphatic carbocycles. The lowest BCUT2D eigenvalue weighted by Crippen LogP contribution is -1.99. The van der Waals surface area contributed by atoms with Gasteiger partial charge in [-0.05, 0) is 34.1 Å². The highest BCUT2D eigenvalue weighted by atomic mass is 79.9. The molecular weight excluding hydrogens is 267 g/mol. The van der Waals surface area contributed by atoms with Crippen molar-refractivity contribution in [2.24, 2.45) is 0 Å². The number of benzene rings is 1. The summed E-state index contributed by atoms with van der Waals surface area (Å²) in [6.45, 7) is 0. The van der Waals surface area contributed by atoms with E-state index in [1.807, 2.05) is 0 Å². The number of hydrogen-bond acceptors (Lipinski definition) is 2. The van der Waals surface area contributed by atoms with Crippen molar-refractivity contribution in [1.29, 1.82) is 0 Å². The van der Waals surface area contributed by atoms with Crippen LogP contribution in [0.1, 0.15) is 5.56 Å². The predicted molar refractivity (Wildman–Crippen MR) is 55.2 cm³/mol. The minimum atomic E-state index is -0.984. The fourth-order valence-electron chi connectivity index (χ4n) is 1.41. The third-order valence-electron chi connectivity index (χ3n) is 2.03. The molecule has 0 saturated carbocycles. The van der Waals surface area contributed by atoms with Gasteiger partial charge >= 0.3 is 5.97 Å². The van der Waals surface area contributed by atoms with Crippen LogP contribution >= 0.6 is 15.9 Å². The first-order valence-electron chi connectivity index (χ1n) is 4.16. The average molecular weight is 273 g/mol. The zero-order valence-electron chi connectivity index (χ0n) is 7.46. The van der Waals surface area contributed by atoms with Crippen molar-refractivity contribution in [2.75, 3.05) is 0 Å². The maximum absolute atomic E-state index is 13.0. The minimum absolute atomic E-state index is 0.197. The Morgan fingerprint density at radius 1 is 1.53 bits per heavy atom. The molecule has 0 bridgehead atoms. The Morgan fingerprint density at radius 3 is 2.93 bits per heavy atom. The van der Waals surface area contributed by atoms with Crippen molar-refractivity contribution in [2.45, 2.75) is 6.42 Å². The van der Waals surface area contributed by atoms with E-state index in [4.69, 9.17) is 9.52 Å². The highest BCUT2D eigenvalue weighted by Crippen LogP contribution is 2.30. The number of carboxylic acids is 1. The zero-order valence-corrected chi connectivity index (χ0v) is 9.04. The molecule has 0 aliphatic heterocycles. The van der Waals surface area contributed by atoms with E-state index in [9.17, 15) is 9.18 Å². The molecule has 3 nitrogen and oxygen atoms in total. The lowest BCUT2D eigenvalue weighted by Gasteiger charge is -1.93. The Kier molecular flexibility index (Phi) is 2.48. The van der Waals surface area contributed by atoms with Gasteiger partial charge in [0.2, 0.25) is 0 Å². The maximum Gasteiger partial charge on any atom is 0.308 e. The molecule has 1 heterocycles. The molecule has 5 heteroatoms. The first-order chi connectivity index (χ1) is 7.08. The number of halogens is 2. The van der Waals surface area contributed by atoms with E-state index in [2.05, 4.69) is 15.9 Å². The third-order valence-corrected chi connectivity index (χ3v) is 2.67. The van der Waals surface area contributed by atoms with Crippen LogP contribution in [-0.4, -0.2) is 11.1 Å².